The molecule has 2 N–H and O–H groups in total. The van der Waals surface area contributed by atoms with Gasteiger partial charge in [0.05, 0.1) is 22.8 Å². The van der Waals surface area contributed by atoms with Gasteiger partial charge in [-0.1, -0.05) is 12.1 Å². The van der Waals surface area contributed by atoms with Crippen molar-refractivity contribution in [1.82, 2.24) is 25.1 Å². The zero-order valence-electron chi connectivity index (χ0n) is 15.6. The summed E-state index contributed by atoms with van der Waals surface area (Å²) in [5.74, 6) is -0.0644. The van der Waals surface area contributed by atoms with Crippen molar-refractivity contribution in [3.05, 3.63) is 57.3 Å². The van der Waals surface area contributed by atoms with Crippen LogP contribution in [0.5, 0.6) is 0 Å². The number of aromatic nitrogens is 4. The molecule has 1 unspecified atom stereocenters. The number of hydrogen-bond donors (Lipinski definition) is 2. The highest BCUT2D eigenvalue weighted by molar-refractivity contribution is 5.77. The van der Waals surface area contributed by atoms with Crippen molar-refractivity contribution < 1.29 is 4.79 Å². The average molecular weight is 365 g/mol. The summed E-state index contributed by atoms with van der Waals surface area (Å²) in [6.07, 6.45) is 3.50. The highest BCUT2D eigenvalue weighted by Crippen LogP contribution is 2.31. The van der Waals surface area contributed by atoms with Gasteiger partial charge in [-0.15, -0.1) is 0 Å². The van der Waals surface area contributed by atoms with Crippen molar-refractivity contribution in [1.29, 1.82) is 0 Å². The summed E-state index contributed by atoms with van der Waals surface area (Å²) in [6, 6.07) is 7.39. The van der Waals surface area contributed by atoms with E-state index in [1.54, 1.807) is 0 Å². The van der Waals surface area contributed by atoms with E-state index in [2.05, 4.69) is 20.4 Å². The van der Waals surface area contributed by atoms with Crippen LogP contribution in [0.2, 0.25) is 0 Å². The number of hydrogen-bond acceptors (Lipinski definition) is 4. The Kier molecular flexibility index (Phi) is 4.51. The smallest absolute Gasteiger partial charge is 0.270 e. The molecule has 7 heteroatoms. The number of fused-ring (bicyclic) bond motifs is 2. The highest BCUT2D eigenvalue weighted by Gasteiger charge is 2.27. The molecule has 0 aliphatic heterocycles. The molecule has 1 amide bonds. The van der Waals surface area contributed by atoms with Gasteiger partial charge in [-0.25, -0.2) is 4.98 Å². The zero-order chi connectivity index (χ0) is 19.0. The number of benzene rings is 1. The fourth-order valence-electron chi connectivity index (χ4n) is 3.97. The maximum Gasteiger partial charge on any atom is 0.270 e. The number of amides is 1. The van der Waals surface area contributed by atoms with E-state index >= 15 is 0 Å². The van der Waals surface area contributed by atoms with E-state index in [0.29, 0.717) is 17.6 Å². The van der Waals surface area contributed by atoms with Crippen molar-refractivity contribution in [2.24, 2.45) is 7.05 Å². The third-order valence-corrected chi connectivity index (χ3v) is 5.24. The second-order valence-electron chi connectivity index (χ2n) is 7.11. The lowest BCUT2D eigenvalue weighted by atomic mass is 9.91. The summed E-state index contributed by atoms with van der Waals surface area (Å²) in [5, 5.41) is 7.62. The zero-order valence-corrected chi connectivity index (χ0v) is 15.6. The molecule has 3 aromatic rings. The number of carbonyl (C=O) groups is 1. The summed E-state index contributed by atoms with van der Waals surface area (Å²) in [5.41, 5.74) is 4.93. The molecule has 1 aliphatic carbocycles. The van der Waals surface area contributed by atoms with Gasteiger partial charge >= 0.3 is 0 Å². The van der Waals surface area contributed by atoms with Crippen LogP contribution in [-0.2, 0) is 24.7 Å². The number of rotatable bonds is 4. The van der Waals surface area contributed by atoms with Crippen LogP contribution in [0.25, 0.3) is 11.0 Å². The lowest BCUT2D eigenvalue weighted by molar-refractivity contribution is -0.121. The molecule has 4 rings (SSSR count). The third-order valence-electron chi connectivity index (χ3n) is 5.24. The van der Waals surface area contributed by atoms with Crippen molar-refractivity contribution in [3.63, 3.8) is 0 Å². The summed E-state index contributed by atoms with van der Waals surface area (Å²) >= 11 is 0. The van der Waals surface area contributed by atoms with E-state index < -0.39 is 0 Å². The van der Waals surface area contributed by atoms with E-state index in [9.17, 15) is 9.59 Å². The first-order chi connectivity index (χ1) is 13.0. The SMILES string of the molecule is Cc1nn(C)c2c1C(NC(=O)CCc1nc3ccccc3[nH]c1=O)CCC2. The first-order valence-corrected chi connectivity index (χ1v) is 9.32. The molecule has 2 heterocycles. The fraction of sp³-hybridized carbons (Fsp3) is 0.400. The van der Waals surface area contributed by atoms with Gasteiger partial charge < -0.3 is 10.3 Å². The molecule has 0 bridgehead atoms. The average Bonchev–Trinajstić information content (AvgIpc) is 2.95. The molecule has 27 heavy (non-hydrogen) atoms. The minimum absolute atomic E-state index is 0.00204. The molecule has 0 spiro atoms. The van der Waals surface area contributed by atoms with Crippen LogP contribution < -0.4 is 10.9 Å². The van der Waals surface area contributed by atoms with Crippen molar-refractivity contribution in [2.75, 3.05) is 0 Å². The minimum Gasteiger partial charge on any atom is -0.349 e. The molecule has 140 valence electrons. The van der Waals surface area contributed by atoms with Gasteiger partial charge in [0.15, 0.2) is 0 Å². The summed E-state index contributed by atoms with van der Waals surface area (Å²) in [7, 11) is 1.95. The largest absolute Gasteiger partial charge is 0.349 e. The van der Waals surface area contributed by atoms with E-state index in [4.69, 9.17) is 0 Å². The van der Waals surface area contributed by atoms with E-state index in [-0.39, 0.29) is 23.9 Å². The van der Waals surface area contributed by atoms with Crippen molar-refractivity contribution in [2.45, 2.75) is 45.1 Å². The van der Waals surface area contributed by atoms with E-state index in [1.165, 1.54) is 5.69 Å². The van der Waals surface area contributed by atoms with Gasteiger partial charge in [0, 0.05) is 31.1 Å². The summed E-state index contributed by atoms with van der Waals surface area (Å²) in [6.45, 7) is 1.99. The normalized spacial score (nSPS) is 16.3. The van der Waals surface area contributed by atoms with Crippen LogP contribution in [-0.4, -0.2) is 25.7 Å². The predicted molar refractivity (Wildman–Crippen MR) is 102 cm³/mol. The minimum atomic E-state index is -0.232. The Bertz CT molecular complexity index is 1070. The molecule has 0 radical (unpaired) electrons. The highest BCUT2D eigenvalue weighted by atomic mass is 16.1. The Hall–Kier alpha value is -2.96. The molecule has 0 fully saturated rings. The van der Waals surface area contributed by atoms with E-state index in [1.807, 2.05) is 42.9 Å². The number of nitrogens with zero attached hydrogens (tertiary/aromatic N) is 3. The maximum absolute atomic E-state index is 12.5. The number of nitrogens with one attached hydrogen (secondary N) is 2. The second-order valence-corrected chi connectivity index (χ2v) is 7.11. The number of aromatic amines is 1. The van der Waals surface area contributed by atoms with Crippen LogP contribution in [0, 0.1) is 6.92 Å². The monoisotopic (exact) mass is 365 g/mol. The number of H-pyrrole nitrogens is 1. The lowest BCUT2D eigenvalue weighted by Gasteiger charge is -2.24. The van der Waals surface area contributed by atoms with Crippen molar-refractivity contribution >= 4 is 16.9 Å². The fourth-order valence-corrected chi connectivity index (χ4v) is 3.97. The molecule has 1 aliphatic rings. The Labute approximate surface area is 156 Å². The maximum atomic E-state index is 12.5. The van der Waals surface area contributed by atoms with Crippen LogP contribution >= 0.6 is 0 Å². The van der Waals surface area contributed by atoms with Crippen LogP contribution in [0.15, 0.2) is 29.1 Å². The molecule has 7 nitrogen and oxygen atoms in total. The van der Waals surface area contributed by atoms with Gasteiger partial charge in [0.25, 0.3) is 5.56 Å². The number of para-hydroxylation sites is 2. The first kappa shape index (κ1) is 17.5. The Morgan fingerprint density at radius 3 is 3.04 bits per heavy atom. The van der Waals surface area contributed by atoms with Crippen LogP contribution in [0.3, 0.4) is 0 Å². The van der Waals surface area contributed by atoms with Crippen LogP contribution in [0.4, 0.5) is 0 Å². The molecule has 1 atom stereocenters. The first-order valence-electron chi connectivity index (χ1n) is 9.32. The predicted octanol–water partition coefficient (Wildman–Crippen LogP) is 2.09. The van der Waals surface area contributed by atoms with Gasteiger partial charge in [0.1, 0.15) is 5.69 Å². The number of carbonyl (C=O) groups excluding carboxylic acids is 1. The topological polar surface area (TPSA) is 92.7 Å². The lowest BCUT2D eigenvalue weighted by Crippen LogP contribution is -2.32. The molecule has 0 saturated carbocycles. The Morgan fingerprint density at radius 2 is 2.19 bits per heavy atom. The van der Waals surface area contributed by atoms with Gasteiger partial charge in [-0.3, -0.25) is 14.3 Å². The molecular formula is C20H23N5O2. The summed E-state index contributed by atoms with van der Waals surface area (Å²) < 4.78 is 1.92. The second kappa shape index (κ2) is 6.98. The van der Waals surface area contributed by atoms with Gasteiger partial charge in [-0.2, -0.15) is 5.10 Å². The molecule has 2 aromatic heterocycles. The molecule has 0 saturated heterocycles. The quantitative estimate of drug-likeness (QED) is 0.740. The number of aryl methyl sites for hydroxylation is 3. The standard InChI is InChI=1S/C20H23N5O2/c1-12-19-15(8-5-9-17(19)25(2)24-12)22-18(26)11-10-16-20(27)23-14-7-4-3-6-13(14)21-16/h3-4,6-7,15H,5,8-11H2,1-2H3,(H,22,26)(H,23,27). The Morgan fingerprint density at radius 1 is 1.37 bits per heavy atom. The van der Waals surface area contributed by atoms with Crippen molar-refractivity contribution in [3.8, 4) is 0 Å². The van der Waals surface area contributed by atoms with Gasteiger partial charge in [0.2, 0.25) is 5.91 Å². The Balaban J connectivity index is 1.46. The third kappa shape index (κ3) is 3.37. The van der Waals surface area contributed by atoms with Gasteiger partial charge in [-0.05, 0) is 38.3 Å². The molecular weight excluding hydrogens is 342 g/mol. The molecule has 1 aromatic carbocycles. The van der Waals surface area contributed by atoms with E-state index in [0.717, 1.165) is 36.0 Å². The summed E-state index contributed by atoms with van der Waals surface area (Å²) in [4.78, 5) is 31.9. The van der Waals surface area contributed by atoms with Crippen LogP contribution in [0.1, 0.15) is 47.9 Å².